The molecule has 2 heteroatoms. The predicted octanol–water partition coefficient (Wildman–Crippen LogP) is 2.93. The average Bonchev–Trinajstić information content (AvgIpc) is 2.89. The fraction of sp³-hybridized carbons (Fsp3) is 0.625. The average molecular weight is 247 g/mol. The summed E-state index contributed by atoms with van der Waals surface area (Å²) < 4.78 is 0. The van der Waals surface area contributed by atoms with E-state index < -0.39 is 0 Å². The monoisotopic (exact) mass is 247 g/mol. The second kappa shape index (κ2) is 6.35. The zero-order chi connectivity index (χ0) is 12.8. The number of aliphatic hydroxyl groups excluding tert-OH is 1. The summed E-state index contributed by atoms with van der Waals surface area (Å²) in [5.41, 5.74) is 1.55. The van der Waals surface area contributed by atoms with Gasteiger partial charge in [0.1, 0.15) is 0 Å². The molecule has 2 rings (SSSR count). The Morgan fingerprint density at radius 1 is 1.22 bits per heavy atom. The summed E-state index contributed by atoms with van der Waals surface area (Å²) in [6.45, 7) is 4.54. The van der Waals surface area contributed by atoms with Gasteiger partial charge in [-0.2, -0.15) is 0 Å². The van der Waals surface area contributed by atoms with Gasteiger partial charge in [-0.1, -0.05) is 50.1 Å². The van der Waals surface area contributed by atoms with E-state index in [2.05, 4.69) is 42.6 Å². The van der Waals surface area contributed by atoms with Gasteiger partial charge >= 0.3 is 0 Å². The van der Waals surface area contributed by atoms with Crippen LogP contribution in [0.5, 0.6) is 0 Å². The summed E-state index contributed by atoms with van der Waals surface area (Å²) in [5, 5.41) is 13.1. The Hall–Kier alpha value is -0.860. The third-order valence-corrected chi connectivity index (χ3v) is 4.32. The molecule has 0 amide bonds. The lowest BCUT2D eigenvalue weighted by atomic mass is 9.87. The van der Waals surface area contributed by atoms with Gasteiger partial charge in [0.05, 0.1) is 0 Å². The molecule has 100 valence electrons. The molecule has 0 aliphatic heterocycles. The highest BCUT2D eigenvalue weighted by atomic mass is 16.3. The molecule has 1 aromatic rings. The van der Waals surface area contributed by atoms with E-state index in [0.29, 0.717) is 12.5 Å². The van der Waals surface area contributed by atoms with Gasteiger partial charge in [0, 0.05) is 25.1 Å². The van der Waals surface area contributed by atoms with Crippen LogP contribution in [0.2, 0.25) is 0 Å². The molecular weight excluding hydrogens is 222 g/mol. The molecule has 1 atom stereocenters. The highest BCUT2D eigenvalue weighted by Crippen LogP contribution is 2.36. The lowest BCUT2D eigenvalue weighted by Crippen LogP contribution is -2.36. The number of benzene rings is 1. The Labute approximate surface area is 110 Å². The smallest absolute Gasteiger partial charge is 0.0499 e. The summed E-state index contributed by atoms with van der Waals surface area (Å²) in [7, 11) is 0. The summed E-state index contributed by atoms with van der Waals surface area (Å²) in [6, 6.07) is 10.6. The highest BCUT2D eigenvalue weighted by molar-refractivity contribution is 5.18. The third kappa shape index (κ3) is 3.33. The van der Waals surface area contributed by atoms with Crippen LogP contribution in [-0.4, -0.2) is 24.8 Å². The van der Waals surface area contributed by atoms with Crippen LogP contribution in [0.15, 0.2) is 30.3 Å². The van der Waals surface area contributed by atoms with Crippen molar-refractivity contribution in [3.05, 3.63) is 35.9 Å². The maximum Gasteiger partial charge on any atom is 0.0499 e. The van der Waals surface area contributed by atoms with Crippen LogP contribution >= 0.6 is 0 Å². The van der Waals surface area contributed by atoms with E-state index in [1.165, 1.54) is 31.2 Å². The van der Waals surface area contributed by atoms with Crippen molar-refractivity contribution in [1.82, 2.24) is 5.32 Å². The van der Waals surface area contributed by atoms with E-state index in [1.807, 2.05) is 0 Å². The maximum absolute atomic E-state index is 9.56. The molecule has 2 N–H and O–H groups in total. The summed E-state index contributed by atoms with van der Waals surface area (Å²) in [4.78, 5) is 0. The van der Waals surface area contributed by atoms with Crippen LogP contribution in [0.4, 0.5) is 0 Å². The zero-order valence-corrected chi connectivity index (χ0v) is 11.4. The van der Waals surface area contributed by atoms with Crippen molar-refractivity contribution < 1.29 is 5.11 Å². The summed E-state index contributed by atoms with van der Waals surface area (Å²) in [6.07, 6.45) is 4.90. The van der Waals surface area contributed by atoms with E-state index in [-0.39, 0.29) is 5.41 Å². The number of aliphatic hydroxyl groups is 1. The molecule has 1 fully saturated rings. The first-order valence-corrected chi connectivity index (χ1v) is 7.12. The van der Waals surface area contributed by atoms with Gasteiger partial charge in [-0.05, 0) is 24.3 Å². The molecule has 1 unspecified atom stereocenters. The first-order chi connectivity index (χ1) is 8.76. The van der Waals surface area contributed by atoms with Gasteiger partial charge in [-0.15, -0.1) is 0 Å². The largest absolute Gasteiger partial charge is 0.396 e. The Balaban J connectivity index is 1.78. The standard InChI is InChI=1S/C16H25NO/c1-14(15-7-3-2-4-8-15)11-17-12-16(13-18)9-5-6-10-16/h2-4,7-8,14,17-18H,5-6,9-13H2,1H3. The van der Waals surface area contributed by atoms with E-state index >= 15 is 0 Å². The summed E-state index contributed by atoms with van der Waals surface area (Å²) >= 11 is 0. The molecule has 0 heterocycles. The maximum atomic E-state index is 9.56. The van der Waals surface area contributed by atoms with E-state index in [9.17, 15) is 5.11 Å². The van der Waals surface area contributed by atoms with Crippen molar-refractivity contribution in [2.45, 2.75) is 38.5 Å². The topological polar surface area (TPSA) is 32.3 Å². The Morgan fingerprint density at radius 3 is 2.50 bits per heavy atom. The molecule has 1 saturated carbocycles. The van der Waals surface area contributed by atoms with Crippen LogP contribution in [0.3, 0.4) is 0 Å². The van der Waals surface area contributed by atoms with Gasteiger partial charge in [0.2, 0.25) is 0 Å². The fourth-order valence-corrected chi connectivity index (χ4v) is 2.97. The van der Waals surface area contributed by atoms with Crippen LogP contribution in [0.25, 0.3) is 0 Å². The fourth-order valence-electron chi connectivity index (χ4n) is 2.97. The molecular formula is C16H25NO. The molecule has 18 heavy (non-hydrogen) atoms. The zero-order valence-electron chi connectivity index (χ0n) is 11.4. The SMILES string of the molecule is CC(CNCC1(CO)CCCC1)c1ccccc1. The van der Waals surface area contributed by atoms with Crippen molar-refractivity contribution in [3.8, 4) is 0 Å². The number of nitrogens with one attached hydrogen (secondary N) is 1. The molecule has 0 aromatic heterocycles. The molecule has 0 bridgehead atoms. The second-order valence-corrected chi connectivity index (χ2v) is 5.81. The van der Waals surface area contributed by atoms with Crippen LogP contribution in [0, 0.1) is 5.41 Å². The van der Waals surface area contributed by atoms with Crippen molar-refractivity contribution in [2.24, 2.45) is 5.41 Å². The Morgan fingerprint density at radius 2 is 1.89 bits per heavy atom. The van der Waals surface area contributed by atoms with Crippen molar-refractivity contribution >= 4 is 0 Å². The van der Waals surface area contributed by atoms with Gasteiger partial charge in [0.25, 0.3) is 0 Å². The van der Waals surface area contributed by atoms with E-state index in [4.69, 9.17) is 0 Å². The minimum Gasteiger partial charge on any atom is -0.396 e. The van der Waals surface area contributed by atoms with Crippen molar-refractivity contribution in [1.29, 1.82) is 0 Å². The minimum absolute atomic E-state index is 0.163. The second-order valence-electron chi connectivity index (χ2n) is 5.81. The van der Waals surface area contributed by atoms with E-state index in [1.54, 1.807) is 0 Å². The van der Waals surface area contributed by atoms with Crippen LogP contribution in [-0.2, 0) is 0 Å². The normalized spacial score (nSPS) is 19.9. The van der Waals surface area contributed by atoms with Gasteiger partial charge < -0.3 is 10.4 Å². The molecule has 0 spiro atoms. The van der Waals surface area contributed by atoms with Crippen LogP contribution in [0.1, 0.15) is 44.1 Å². The van der Waals surface area contributed by atoms with E-state index in [0.717, 1.165) is 13.1 Å². The molecule has 1 aliphatic carbocycles. The van der Waals surface area contributed by atoms with Gasteiger partial charge in [-0.3, -0.25) is 0 Å². The van der Waals surface area contributed by atoms with Crippen molar-refractivity contribution in [2.75, 3.05) is 19.7 Å². The van der Waals surface area contributed by atoms with Crippen LogP contribution < -0.4 is 5.32 Å². The number of hydrogen-bond donors (Lipinski definition) is 2. The predicted molar refractivity (Wildman–Crippen MR) is 75.7 cm³/mol. The molecule has 1 aromatic carbocycles. The molecule has 2 nitrogen and oxygen atoms in total. The lowest BCUT2D eigenvalue weighted by Gasteiger charge is -2.27. The van der Waals surface area contributed by atoms with Gasteiger partial charge in [-0.25, -0.2) is 0 Å². The first kappa shape index (κ1) is 13.6. The van der Waals surface area contributed by atoms with Crippen molar-refractivity contribution in [3.63, 3.8) is 0 Å². The minimum atomic E-state index is 0.163. The third-order valence-electron chi connectivity index (χ3n) is 4.32. The molecule has 1 aliphatic rings. The number of hydrogen-bond acceptors (Lipinski definition) is 2. The Kier molecular flexibility index (Phi) is 4.79. The molecule has 0 radical (unpaired) electrons. The lowest BCUT2D eigenvalue weighted by molar-refractivity contribution is 0.128. The Bertz CT molecular complexity index is 343. The quantitative estimate of drug-likeness (QED) is 0.810. The van der Waals surface area contributed by atoms with Gasteiger partial charge in [0.15, 0.2) is 0 Å². The number of rotatable bonds is 6. The molecule has 0 saturated heterocycles. The summed E-state index contributed by atoms with van der Waals surface area (Å²) in [5.74, 6) is 0.531. The highest BCUT2D eigenvalue weighted by Gasteiger charge is 2.32. The first-order valence-electron chi connectivity index (χ1n) is 7.12.